The molecule has 0 aliphatic rings. The van der Waals surface area contributed by atoms with Crippen molar-refractivity contribution in [3.8, 4) is 11.5 Å². The maximum atomic E-state index is 14.4. The number of halogens is 1. The number of amides is 2. The number of hydrogen-bond acceptors (Lipinski definition) is 6. The van der Waals surface area contributed by atoms with Gasteiger partial charge < -0.3 is 19.7 Å². The van der Waals surface area contributed by atoms with Crippen LogP contribution in [-0.4, -0.2) is 59.0 Å². The Labute approximate surface area is 269 Å². The van der Waals surface area contributed by atoms with Crippen molar-refractivity contribution in [3.05, 3.63) is 119 Å². The molecule has 0 aliphatic heterocycles. The molecule has 4 aromatic carbocycles. The van der Waals surface area contributed by atoms with Gasteiger partial charge in [-0.25, -0.2) is 8.42 Å². The summed E-state index contributed by atoms with van der Waals surface area (Å²) in [4.78, 5) is 29.2. The number of hydrogen-bond donors (Lipinski definition) is 1. The van der Waals surface area contributed by atoms with E-state index in [2.05, 4.69) is 5.32 Å². The average molecular weight is 650 g/mol. The molecule has 4 aromatic rings. The standard InChI is InChI=1S/C34H36ClN3O6S/c1-24-14-17-28(18-15-24)45(41,42)38(27-16-19-31(43-3)32(21-27)44-4)23-33(39)37(22-26-12-8-9-13-29(26)35)30(34(40)36-2)20-25-10-6-5-7-11-25/h5-19,21,30H,20,22-23H2,1-4H3,(H,36,40)/t30-/m0/s1. The smallest absolute Gasteiger partial charge is 0.264 e. The topological polar surface area (TPSA) is 105 Å². The van der Waals surface area contributed by atoms with Gasteiger partial charge in [-0.1, -0.05) is 77.8 Å². The summed E-state index contributed by atoms with van der Waals surface area (Å²) in [7, 11) is 0.135. The Morgan fingerprint density at radius 2 is 1.51 bits per heavy atom. The number of aryl methyl sites for hydroxylation is 1. The number of sulfonamides is 1. The minimum absolute atomic E-state index is 0.000440. The molecule has 0 saturated heterocycles. The van der Waals surface area contributed by atoms with E-state index in [1.807, 2.05) is 37.3 Å². The predicted molar refractivity (Wildman–Crippen MR) is 175 cm³/mol. The van der Waals surface area contributed by atoms with Gasteiger partial charge in [0.25, 0.3) is 10.0 Å². The molecule has 0 heterocycles. The van der Waals surface area contributed by atoms with Gasteiger partial charge in [0, 0.05) is 31.1 Å². The molecule has 0 aliphatic carbocycles. The zero-order chi connectivity index (χ0) is 32.6. The lowest BCUT2D eigenvalue weighted by atomic mass is 10.0. The Balaban J connectivity index is 1.83. The first-order valence-corrected chi connectivity index (χ1v) is 16.0. The number of ether oxygens (including phenoxy) is 2. The highest BCUT2D eigenvalue weighted by Gasteiger charge is 2.35. The number of nitrogens with one attached hydrogen (secondary N) is 1. The number of carbonyl (C=O) groups is 2. The van der Waals surface area contributed by atoms with Crippen LogP contribution in [0.4, 0.5) is 5.69 Å². The Kier molecular flexibility index (Phi) is 11.1. The summed E-state index contributed by atoms with van der Waals surface area (Å²) in [6.07, 6.45) is 0.192. The molecule has 11 heteroatoms. The highest BCUT2D eigenvalue weighted by molar-refractivity contribution is 7.92. The molecule has 1 atom stereocenters. The number of rotatable bonds is 13. The number of anilines is 1. The first-order chi connectivity index (χ1) is 21.6. The van der Waals surface area contributed by atoms with Crippen molar-refractivity contribution in [3.63, 3.8) is 0 Å². The molecule has 0 unspecified atom stereocenters. The largest absolute Gasteiger partial charge is 0.493 e. The van der Waals surface area contributed by atoms with E-state index in [1.165, 1.54) is 44.4 Å². The predicted octanol–water partition coefficient (Wildman–Crippen LogP) is 5.25. The summed E-state index contributed by atoms with van der Waals surface area (Å²) in [5, 5.41) is 3.08. The van der Waals surface area contributed by atoms with Crippen molar-refractivity contribution < 1.29 is 27.5 Å². The summed E-state index contributed by atoms with van der Waals surface area (Å²) in [6.45, 7) is 1.20. The van der Waals surface area contributed by atoms with Gasteiger partial charge in [-0.2, -0.15) is 0 Å². The third kappa shape index (κ3) is 7.95. The second-order valence-electron chi connectivity index (χ2n) is 10.3. The lowest BCUT2D eigenvalue weighted by Crippen LogP contribution is -2.53. The molecule has 0 radical (unpaired) electrons. The van der Waals surface area contributed by atoms with Crippen LogP contribution in [0.15, 0.2) is 102 Å². The minimum atomic E-state index is -4.27. The zero-order valence-corrected chi connectivity index (χ0v) is 27.1. The van der Waals surface area contributed by atoms with E-state index in [-0.39, 0.29) is 29.3 Å². The van der Waals surface area contributed by atoms with E-state index in [0.29, 0.717) is 16.3 Å². The number of likely N-dealkylation sites (N-methyl/N-ethyl adjacent to an activating group) is 1. The SMILES string of the molecule is CNC(=O)[C@H](Cc1ccccc1)N(Cc1ccccc1Cl)C(=O)CN(c1ccc(OC)c(OC)c1)S(=O)(=O)c1ccc(C)cc1. The monoisotopic (exact) mass is 649 g/mol. The highest BCUT2D eigenvalue weighted by atomic mass is 35.5. The van der Waals surface area contributed by atoms with E-state index in [1.54, 1.807) is 48.5 Å². The van der Waals surface area contributed by atoms with Crippen LogP contribution in [0.3, 0.4) is 0 Å². The quantitative estimate of drug-likeness (QED) is 0.212. The lowest BCUT2D eigenvalue weighted by Gasteiger charge is -2.34. The summed E-state index contributed by atoms with van der Waals surface area (Å²) in [5.41, 5.74) is 2.49. The number of methoxy groups -OCH3 is 2. The van der Waals surface area contributed by atoms with Crippen LogP contribution in [0.5, 0.6) is 11.5 Å². The number of nitrogens with zero attached hydrogens (tertiary/aromatic N) is 2. The Morgan fingerprint density at radius 3 is 2.13 bits per heavy atom. The normalized spacial score (nSPS) is 11.8. The van der Waals surface area contributed by atoms with Gasteiger partial charge in [0.15, 0.2) is 11.5 Å². The van der Waals surface area contributed by atoms with Crippen molar-refractivity contribution in [2.45, 2.75) is 30.8 Å². The summed E-state index contributed by atoms with van der Waals surface area (Å²) >= 11 is 6.51. The molecule has 9 nitrogen and oxygen atoms in total. The molecule has 236 valence electrons. The van der Waals surface area contributed by atoms with Gasteiger partial charge in [0.1, 0.15) is 12.6 Å². The van der Waals surface area contributed by atoms with E-state index < -0.39 is 34.4 Å². The van der Waals surface area contributed by atoms with Crippen molar-refractivity contribution in [1.82, 2.24) is 10.2 Å². The van der Waals surface area contributed by atoms with Crippen molar-refractivity contribution in [2.24, 2.45) is 0 Å². The fourth-order valence-electron chi connectivity index (χ4n) is 4.88. The molecule has 1 N–H and O–H groups in total. The molecular weight excluding hydrogens is 614 g/mol. The van der Waals surface area contributed by atoms with E-state index in [9.17, 15) is 18.0 Å². The van der Waals surface area contributed by atoms with Gasteiger partial charge in [-0.3, -0.25) is 13.9 Å². The van der Waals surface area contributed by atoms with Gasteiger partial charge in [0.05, 0.1) is 24.8 Å². The van der Waals surface area contributed by atoms with Crippen molar-refractivity contribution >= 4 is 39.1 Å². The Hall–Kier alpha value is -4.54. The first-order valence-electron chi connectivity index (χ1n) is 14.2. The van der Waals surface area contributed by atoms with E-state index >= 15 is 0 Å². The molecule has 0 spiro atoms. The van der Waals surface area contributed by atoms with Crippen LogP contribution in [0.1, 0.15) is 16.7 Å². The van der Waals surface area contributed by atoms with Gasteiger partial charge in [-0.15, -0.1) is 0 Å². The molecule has 0 fully saturated rings. The highest BCUT2D eigenvalue weighted by Crippen LogP contribution is 2.34. The molecule has 4 rings (SSSR count). The van der Waals surface area contributed by atoms with Gasteiger partial charge in [-0.05, 0) is 48.4 Å². The minimum Gasteiger partial charge on any atom is -0.493 e. The fourth-order valence-corrected chi connectivity index (χ4v) is 6.48. The van der Waals surface area contributed by atoms with E-state index in [0.717, 1.165) is 15.4 Å². The zero-order valence-electron chi connectivity index (χ0n) is 25.6. The van der Waals surface area contributed by atoms with Gasteiger partial charge >= 0.3 is 0 Å². The Bertz CT molecular complexity index is 1730. The van der Waals surface area contributed by atoms with Crippen molar-refractivity contribution in [1.29, 1.82) is 0 Å². The fraction of sp³-hybridized carbons (Fsp3) is 0.235. The summed E-state index contributed by atoms with van der Waals surface area (Å²) < 4.78 is 40.2. The number of carbonyl (C=O) groups excluding carboxylic acids is 2. The maximum absolute atomic E-state index is 14.4. The van der Waals surface area contributed by atoms with Crippen LogP contribution >= 0.6 is 11.6 Å². The molecule has 0 bridgehead atoms. The van der Waals surface area contributed by atoms with Gasteiger partial charge in [0.2, 0.25) is 11.8 Å². The van der Waals surface area contributed by atoms with Crippen LogP contribution in [0.25, 0.3) is 0 Å². The van der Waals surface area contributed by atoms with Crippen LogP contribution < -0.4 is 19.1 Å². The van der Waals surface area contributed by atoms with Crippen molar-refractivity contribution in [2.75, 3.05) is 32.1 Å². The number of benzene rings is 4. The van der Waals surface area contributed by atoms with Crippen LogP contribution in [-0.2, 0) is 32.6 Å². The molecule has 0 saturated carbocycles. The maximum Gasteiger partial charge on any atom is 0.264 e. The molecular formula is C34H36ClN3O6S. The second-order valence-corrected chi connectivity index (χ2v) is 12.6. The Morgan fingerprint density at radius 1 is 0.867 bits per heavy atom. The third-order valence-corrected chi connectivity index (χ3v) is 9.52. The first kappa shape index (κ1) is 33.4. The summed E-state index contributed by atoms with van der Waals surface area (Å²) in [5.74, 6) is -0.335. The average Bonchev–Trinajstić information content (AvgIpc) is 3.05. The van der Waals surface area contributed by atoms with E-state index in [4.69, 9.17) is 21.1 Å². The van der Waals surface area contributed by atoms with Crippen LogP contribution in [0.2, 0.25) is 5.02 Å². The summed E-state index contributed by atoms with van der Waals surface area (Å²) in [6, 6.07) is 26.3. The molecule has 0 aromatic heterocycles. The molecule has 2 amide bonds. The lowest BCUT2D eigenvalue weighted by molar-refractivity contribution is -0.139. The molecule has 45 heavy (non-hydrogen) atoms. The third-order valence-electron chi connectivity index (χ3n) is 7.36. The van der Waals surface area contributed by atoms with Crippen LogP contribution in [0, 0.1) is 6.92 Å². The second kappa shape index (κ2) is 15.0.